The molecule has 156 valence electrons. The lowest BCUT2D eigenvalue weighted by Crippen LogP contribution is -2.30. The molecule has 2 N–H and O–H groups in total. The number of nitrogens with one attached hydrogen (secondary N) is 1. The van der Waals surface area contributed by atoms with Crippen LogP contribution in [0, 0.1) is 0 Å². The molecule has 3 amide bonds. The maximum absolute atomic E-state index is 12.3. The molecule has 1 aliphatic heterocycles. The zero-order valence-electron chi connectivity index (χ0n) is 16.5. The van der Waals surface area contributed by atoms with Crippen molar-refractivity contribution in [2.45, 2.75) is 25.7 Å². The van der Waals surface area contributed by atoms with Gasteiger partial charge < -0.3 is 15.2 Å². The quantitative estimate of drug-likeness (QED) is 0.299. The minimum absolute atomic E-state index is 0.0313. The summed E-state index contributed by atoms with van der Waals surface area (Å²) in [7, 11) is 1.20. The number of esters is 1. The van der Waals surface area contributed by atoms with Crippen LogP contribution in [0.1, 0.15) is 56.8 Å². The van der Waals surface area contributed by atoms with Crippen LogP contribution < -0.4 is 5.32 Å². The number of anilines is 1. The number of phenolic OH excluding ortho intramolecular Hbond substituents is 1. The first kappa shape index (κ1) is 21.0. The number of fused-ring (bicyclic) bond motifs is 1. The molecule has 0 fully saturated rings. The number of amides is 3. The Kier molecular flexibility index (Phi) is 6.46. The third-order valence-corrected chi connectivity index (χ3v) is 4.88. The largest absolute Gasteiger partial charge is 0.505 e. The number of para-hydroxylation sites is 1. The van der Waals surface area contributed by atoms with Gasteiger partial charge in [-0.15, -0.1) is 0 Å². The van der Waals surface area contributed by atoms with Crippen LogP contribution in [-0.2, 0) is 9.53 Å². The second-order valence-corrected chi connectivity index (χ2v) is 6.86. The highest BCUT2D eigenvalue weighted by atomic mass is 16.5. The van der Waals surface area contributed by atoms with Gasteiger partial charge in [0.05, 0.1) is 23.9 Å². The van der Waals surface area contributed by atoms with Crippen LogP contribution in [0.25, 0.3) is 0 Å². The van der Waals surface area contributed by atoms with Gasteiger partial charge >= 0.3 is 5.97 Å². The SMILES string of the molecule is COC(=O)c1cccc(NC(=O)CCCCCN2C(=O)c3ccccc3C2=O)c1O. The average molecular weight is 410 g/mol. The van der Waals surface area contributed by atoms with Crippen molar-refractivity contribution in [3.05, 3.63) is 59.2 Å². The Labute approximate surface area is 173 Å². The number of rotatable bonds is 8. The lowest BCUT2D eigenvalue weighted by molar-refractivity contribution is -0.116. The molecule has 0 bridgehead atoms. The molecular formula is C22H22N2O6. The van der Waals surface area contributed by atoms with E-state index in [-0.39, 0.29) is 41.1 Å². The van der Waals surface area contributed by atoms with Gasteiger partial charge in [-0.25, -0.2) is 4.79 Å². The fourth-order valence-corrected chi connectivity index (χ4v) is 3.31. The van der Waals surface area contributed by atoms with Gasteiger partial charge in [0.1, 0.15) is 5.56 Å². The van der Waals surface area contributed by atoms with E-state index in [0.717, 1.165) is 0 Å². The Balaban J connectivity index is 1.44. The van der Waals surface area contributed by atoms with E-state index in [9.17, 15) is 24.3 Å². The molecule has 0 radical (unpaired) electrons. The van der Waals surface area contributed by atoms with Crippen molar-refractivity contribution in [1.82, 2.24) is 4.90 Å². The molecule has 0 spiro atoms. The minimum Gasteiger partial charge on any atom is -0.505 e. The van der Waals surface area contributed by atoms with Crippen LogP contribution >= 0.6 is 0 Å². The minimum atomic E-state index is -0.697. The van der Waals surface area contributed by atoms with E-state index in [2.05, 4.69) is 10.1 Å². The summed E-state index contributed by atoms with van der Waals surface area (Å²) in [6.07, 6.45) is 1.98. The zero-order chi connectivity index (χ0) is 21.7. The van der Waals surface area contributed by atoms with Gasteiger partial charge in [-0.2, -0.15) is 0 Å². The Bertz CT molecular complexity index is 966. The van der Waals surface area contributed by atoms with Crippen molar-refractivity contribution in [3.63, 3.8) is 0 Å². The van der Waals surface area contributed by atoms with E-state index < -0.39 is 5.97 Å². The maximum atomic E-state index is 12.3. The van der Waals surface area contributed by atoms with E-state index in [1.54, 1.807) is 24.3 Å². The van der Waals surface area contributed by atoms with Gasteiger partial charge in [0.2, 0.25) is 5.91 Å². The molecule has 0 saturated heterocycles. The number of nitrogens with zero attached hydrogens (tertiary/aromatic N) is 1. The van der Waals surface area contributed by atoms with Crippen LogP contribution in [0.3, 0.4) is 0 Å². The molecule has 1 aliphatic rings. The van der Waals surface area contributed by atoms with E-state index in [1.807, 2.05) is 0 Å². The standard InChI is InChI=1S/C22H22N2O6/c1-30-22(29)16-10-7-11-17(19(16)26)23-18(25)12-3-2-6-13-24-20(27)14-8-4-5-9-15(14)21(24)28/h4-5,7-11,26H,2-3,6,12-13H2,1H3,(H,23,25). The van der Waals surface area contributed by atoms with Gasteiger partial charge in [-0.1, -0.05) is 24.6 Å². The predicted molar refractivity (Wildman–Crippen MR) is 108 cm³/mol. The summed E-state index contributed by atoms with van der Waals surface area (Å²) in [5.74, 6) is -1.92. The molecule has 2 aromatic carbocycles. The van der Waals surface area contributed by atoms with Crippen molar-refractivity contribution in [1.29, 1.82) is 0 Å². The van der Waals surface area contributed by atoms with Crippen molar-refractivity contribution >= 4 is 29.4 Å². The molecule has 0 aromatic heterocycles. The second kappa shape index (κ2) is 9.21. The molecule has 8 heteroatoms. The molecular weight excluding hydrogens is 388 g/mol. The summed E-state index contributed by atoms with van der Waals surface area (Å²) in [4.78, 5) is 49.6. The summed E-state index contributed by atoms with van der Waals surface area (Å²) in [6.45, 7) is 0.302. The Morgan fingerprint density at radius 2 is 1.63 bits per heavy atom. The van der Waals surface area contributed by atoms with Crippen molar-refractivity contribution in [2.24, 2.45) is 0 Å². The maximum Gasteiger partial charge on any atom is 0.341 e. The van der Waals surface area contributed by atoms with E-state index >= 15 is 0 Å². The lowest BCUT2D eigenvalue weighted by Gasteiger charge is -2.13. The van der Waals surface area contributed by atoms with Crippen LogP contribution in [0.4, 0.5) is 5.69 Å². The number of benzene rings is 2. The molecule has 0 unspecified atom stereocenters. The topological polar surface area (TPSA) is 113 Å². The summed E-state index contributed by atoms with van der Waals surface area (Å²) in [5, 5.41) is 12.7. The predicted octanol–water partition coefficient (Wildman–Crippen LogP) is 2.97. The fourth-order valence-electron chi connectivity index (χ4n) is 3.31. The summed E-state index contributed by atoms with van der Waals surface area (Å²) >= 11 is 0. The van der Waals surface area contributed by atoms with Crippen molar-refractivity contribution in [2.75, 3.05) is 19.0 Å². The monoisotopic (exact) mass is 410 g/mol. The molecule has 1 heterocycles. The number of carbonyl (C=O) groups excluding carboxylic acids is 4. The van der Waals surface area contributed by atoms with Crippen LogP contribution in [0.15, 0.2) is 42.5 Å². The number of phenols is 1. The molecule has 8 nitrogen and oxygen atoms in total. The average Bonchev–Trinajstić information content (AvgIpc) is 2.99. The number of carbonyl (C=O) groups is 4. The summed E-state index contributed by atoms with van der Waals surface area (Å²) < 4.78 is 4.58. The molecule has 2 aromatic rings. The Morgan fingerprint density at radius 3 is 2.27 bits per heavy atom. The van der Waals surface area contributed by atoms with Crippen LogP contribution in [0.2, 0.25) is 0 Å². The van der Waals surface area contributed by atoms with Gasteiger partial charge in [0, 0.05) is 13.0 Å². The smallest absolute Gasteiger partial charge is 0.341 e. The molecule has 0 saturated carbocycles. The number of methoxy groups -OCH3 is 1. The van der Waals surface area contributed by atoms with Gasteiger partial charge in [0.15, 0.2) is 5.75 Å². The molecule has 0 aliphatic carbocycles. The highest BCUT2D eigenvalue weighted by Gasteiger charge is 2.34. The third-order valence-electron chi connectivity index (χ3n) is 4.88. The number of aromatic hydroxyl groups is 1. The van der Waals surface area contributed by atoms with Crippen LogP contribution in [-0.4, -0.2) is 47.4 Å². The van der Waals surface area contributed by atoms with Gasteiger partial charge in [-0.3, -0.25) is 19.3 Å². The van der Waals surface area contributed by atoms with Crippen LogP contribution in [0.5, 0.6) is 5.75 Å². The van der Waals surface area contributed by atoms with Crippen molar-refractivity contribution < 1.29 is 29.0 Å². The number of ether oxygens (including phenoxy) is 1. The molecule has 0 atom stereocenters. The van der Waals surface area contributed by atoms with E-state index in [4.69, 9.17) is 0 Å². The number of hydrogen-bond donors (Lipinski definition) is 2. The first-order valence-corrected chi connectivity index (χ1v) is 9.59. The summed E-state index contributed by atoms with van der Waals surface area (Å²) in [5.41, 5.74) is 0.955. The fraction of sp³-hybridized carbons (Fsp3) is 0.273. The van der Waals surface area contributed by atoms with Crippen molar-refractivity contribution in [3.8, 4) is 5.75 Å². The number of imide groups is 1. The summed E-state index contributed by atoms with van der Waals surface area (Å²) in [6, 6.07) is 11.2. The van der Waals surface area contributed by atoms with Gasteiger partial charge in [0.25, 0.3) is 11.8 Å². The normalized spacial score (nSPS) is 12.6. The highest BCUT2D eigenvalue weighted by molar-refractivity contribution is 6.21. The first-order valence-electron chi connectivity index (χ1n) is 9.59. The first-order chi connectivity index (χ1) is 14.4. The number of hydrogen-bond acceptors (Lipinski definition) is 6. The lowest BCUT2D eigenvalue weighted by atomic mass is 10.1. The number of unbranched alkanes of at least 4 members (excludes halogenated alkanes) is 2. The Morgan fingerprint density at radius 1 is 0.967 bits per heavy atom. The van der Waals surface area contributed by atoms with Gasteiger partial charge in [-0.05, 0) is 37.1 Å². The van der Waals surface area contributed by atoms with E-state index in [0.29, 0.717) is 36.9 Å². The third kappa shape index (κ3) is 4.32. The highest BCUT2D eigenvalue weighted by Crippen LogP contribution is 2.28. The Hall–Kier alpha value is -3.68. The molecule has 3 rings (SSSR count). The zero-order valence-corrected chi connectivity index (χ0v) is 16.5. The second-order valence-electron chi connectivity index (χ2n) is 6.86. The molecule has 30 heavy (non-hydrogen) atoms. The van der Waals surface area contributed by atoms with E-state index in [1.165, 1.54) is 30.2 Å².